The predicted octanol–water partition coefficient (Wildman–Crippen LogP) is 3.40. The number of ether oxygens (including phenoxy) is 1. The number of carbonyl (C=O) groups excluding carboxylic acids is 2. The van der Waals surface area contributed by atoms with E-state index >= 15 is 0 Å². The Morgan fingerprint density at radius 3 is 2.09 bits per heavy atom. The molecule has 0 fully saturated rings. The second-order valence-corrected chi connectivity index (χ2v) is 4.80. The summed E-state index contributed by atoms with van der Waals surface area (Å²) in [6, 6.07) is 15.9. The number of carbonyl (C=O) groups is 2. The number of ketones is 1. The maximum atomic E-state index is 11.7. The lowest BCUT2D eigenvalue weighted by Crippen LogP contribution is -2.14. The standard InChI is InChI=1S/C18H15NO3/c1-2-22-18(21)17(20)11-12-19-15-9-5-3-7-13(15)14-8-4-6-10-16(14)19/h3-12H,2H2,1H3/b12-11+. The Labute approximate surface area is 127 Å². The third kappa shape index (κ3) is 2.39. The van der Waals surface area contributed by atoms with Gasteiger partial charge in [-0.05, 0) is 19.1 Å². The molecular weight excluding hydrogens is 278 g/mol. The largest absolute Gasteiger partial charge is 0.460 e. The number of nitrogens with zero attached hydrogens (tertiary/aromatic N) is 1. The predicted molar refractivity (Wildman–Crippen MR) is 86.4 cm³/mol. The van der Waals surface area contributed by atoms with Crippen LogP contribution in [0.1, 0.15) is 6.92 Å². The van der Waals surface area contributed by atoms with Gasteiger partial charge in [-0.1, -0.05) is 36.4 Å². The molecule has 0 spiro atoms. The SMILES string of the molecule is CCOC(=O)C(=O)/C=C/n1c2ccccc2c2ccccc21. The van der Waals surface area contributed by atoms with E-state index in [1.54, 1.807) is 13.1 Å². The van der Waals surface area contributed by atoms with Gasteiger partial charge in [-0.3, -0.25) is 4.79 Å². The van der Waals surface area contributed by atoms with E-state index in [0.717, 1.165) is 21.8 Å². The molecule has 0 unspecified atom stereocenters. The number of hydrogen-bond acceptors (Lipinski definition) is 3. The molecule has 0 saturated carbocycles. The third-order valence-corrected chi connectivity index (χ3v) is 3.47. The monoisotopic (exact) mass is 293 g/mol. The Bertz CT molecular complexity index is 836. The van der Waals surface area contributed by atoms with Crippen LogP contribution < -0.4 is 0 Å². The molecule has 0 radical (unpaired) electrons. The molecule has 0 aliphatic rings. The first-order chi connectivity index (χ1) is 10.7. The summed E-state index contributed by atoms with van der Waals surface area (Å²) in [5.74, 6) is -1.50. The first kappa shape index (κ1) is 14.1. The van der Waals surface area contributed by atoms with Crippen LogP contribution in [0.4, 0.5) is 0 Å². The molecule has 0 saturated heterocycles. The van der Waals surface area contributed by atoms with Crippen LogP contribution in [0.2, 0.25) is 0 Å². The highest BCUT2D eigenvalue weighted by atomic mass is 16.5. The van der Waals surface area contributed by atoms with Crippen LogP contribution in [0.3, 0.4) is 0 Å². The molecule has 0 amide bonds. The summed E-state index contributed by atoms with van der Waals surface area (Å²) in [6.45, 7) is 1.86. The first-order valence-electron chi connectivity index (χ1n) is 7.09. The van der Waals surface area contributed by atoms with Crippen LogP contribution in [0, 0.1) is 0 Å². The Kier molecular flexibility index (Phi) is 3.74. The fraction of sp³-hybridized carbons (Fsp3) is 0.111. The second-order valence-electron chi connectivity index (χ2n) is 4.80. The summed E-state index contributed by atoms with van der Waals surface area (Å²) in [5, 5.41) is 2.21. The summed E-state index contributed by atoms with van der Waals surface area (Å²) in [5.41, 5.74) is 1.97. The van der Waals surface area contributed by atoms with E-state index in [1.165, 1.54) is 6.08 Å². The normalized spacial score (nSPS) is 11.3. The van der Waals surface area contributed by atoms with Crippen LogP contribution in [-0.4, -0.2) is 22.9 Å². The number of esters is 1. The van der Waals surface area contributed by atoms with E-state index in [-0.39, 0.29) is 6.61 Å². The summed E-state index contributed by atoms with van der Waals surface area (Å²) >= 11 is 0. The highest BCUT2D eigenvalue weighted by Gasteiger charge is 2.12. The Balaban J connectivity index is 2.09. The highest BCUT2D eigenvalue weighted by Crippen LogP contribution is 2.28. The van der Waals surface area contributed by atoms with Crippen LogP contribution in [0.5, 0.6) is 0 Å². The van der Waals surface area contributed by atoms with E-state index in [2.05, 4.69) is 0 Å². The van der Waals surface area contributed by atoms with Crippen molar-refractivity contribution in [2.75, 3.05) is 6.61 Å². The van der Waals surface area contributed by atoms with Crippen molar-refractivity contribution in [3.8, 4) is 0 Å². The highest BCUT2D eigenvalue weighted by molar-refractivity contribution is 6.39. The second kappa shape index (κ2) is 5.85. The van der Waals surface area contributed by atoms with Crippen molar-refractivity contribution in [2.45, 2.75) is 6.92 Å². The smallest absolute Gasteiger partial charge is 0.379 e. The van der Waals surface area contributed by atoms with E-state index in [1.807, 2.05) is 53.1 Å². The van der Waals surface area contributed by atoms with Crippen molar-refractivity contribution in [3.05, 3.63) is 54.6 Å². The molecule has 3 rings (SSSR count). The van der Waals surface area contributed by atoms with Crippen molar-refractivity contribution in [1.82, 2.24) is 4.57 Å². The van der Waals surface area contributed by atoms with Gasteiger partial charge in [0.25, 0.3) is 5.78 Å². The molecule has 22 heavy (non-hydrogen) atoms. The van der Waals surface area contributed by atoms with Gasteiger partial charge in [0.15, 0.2) is 0 Å². The fourth-order valence-corrected chi connectivity index (χ4v) is 2.53. The first-order valence-corrected chi connectivity index (χ1v) is 7.09. The maximum Gasteiger partial charge on any atom is 0.379 e. The molecule has 0 aliphatic heterocycles. The van der Waals surface area contributed by atoms with Gasteiger partial charge in [0.1, 0.15) is 0 Å². The third-order valence-electron chi connectivity index (χ3n) is 3.47. The zero-order valence-electron chi connectivity index (χ0n) is 12.2. The number of hydrogen-bond donors (Lipinski definition) is 0. The topological polar surface area (TPSA) is 48.3 Å². The van der Waals surface area contributed by atoms with Crippen LogP contribution in [0.15, 0.2) is 54.6 Å². The molecule has 0 aliphatic carbocycles. The average Bonchev–Trinajstić information content (AvgIpc) is 2.87. The lowest BCUT2D eigenvalue weighted by molar-refractivity contribution is -0.151. The van der Waals surface area contributed by atoms with Gasteiger partial charge >= 0.3 is 5.97 Å². The number of aromatic nitrogens is 1. The van der Waals surface area contributed by atoms with Gasteiger partial charge in [0, 0.05) is 23.0 Å². The van der Waals surface area contributed by atoms with Crippen LogP contribution >= 0.6 is 0 Å². The van der Waals surface area contributed by atoms with Crippen molar-refractivity contribution in [3.63, 3.8) is 0 Å². The van der Waals surface area contributed by atoms with Crippen molar-refractivity contribution in [2.24, 2.45) is 0 Å². The van der Waals surface area contributed by atoms with Gasteiger partial charge in [0.2, 0.25) is 0 Å². The number of para-hydroxylation sites is 2. The maximum absolute atomic E-state index is 11.7. The van der Waals surface area contributed by atoms with E-state index < -0.39 is 11.8 Å². The van der Waals surface area contributed by atoms with E-state index in [9.17, 15) is 9.59 Å². The van der Waals surface area contributed by atoms with Crippen molar-refractivity contribution >= 4 is 39.8 Å². The Morgan fingerprint density at radius 2 is 1.55 bits per heavy atom. The molecule has 1 aromatic heterocycles. The molecule has 1 heterocycles. The minimum absolute atomic E-state index is 0.188. The van der Waals surface area contributed by atoms with E-state index in [0.29, 0.717) is 0 Å². The van der Waals surface area contributed by atoms with Gasteiger partial charge < -0.3 is 9.30 Å². The minimum Gasteiger partial charge on any atom is -0.460 e. The molecular formula is C18H15NO3. The van der Waals surface area contributed by atoms with Crippen LogP contribution in [0.25, 0.3) is 28.0 Å². The number of fused-ring (bicyclic) bond motifs is 3. The van der Waals surface area contributed by atoms with E-state index in [4.69, 9.17) is 4.74 Å². The van der Waals surface area contributed by atoms with Crippen molar-refractivity contribution < 1.29 is 14.3 Å². The Morgan fingerprint density at radius 1 is 1.00 bits per heavy atom. The zero-order valence-corrected chi connectivity index (χ0v) is 12.2. The minimum atomic E-state index is -0.834. The lowest BCUT2D eigenvalue weighted by atomic mass is 10.2. The molecule has 110 valence electrons. The molecule has 2 aromatic carbocycles. The molecule has 4 nitrogen and oxygen atoms in total. The number of rotatable bonds is 4. The van der Waals surface area contributed by atoms with Crippen LogP contribution in [-0.2, 0) is 14.3 Å². The average molecular weight is 293 g/mol. The zero-order chi connectivity index (χ0) is 15.5. The molecule has 0 N–H and O–H groups in total. The lowest BCUT2D eigenvalue weighted by Gasteiger charge is -2.00. The summed E-state index contributed by atoms with van der Waals surface area (Å²) in [7, 11) is 0. The number of benzene rings is 2. The molecule has 3 aromatic rings. The molecule has 4 heteroatoms. The molecule has 0 bridgehead atoms. The summed E-state index contributed by atoms with van der Waals surface area (Å²) < 4.78 is 6.60. The summed E-state index contributed by atoms with van der Waals surface area (Å²) in [4.78, 5) is 23.1. The quantitative estimate of drug-likeness (QED) is 0.421. The van der Waals surface area contributed by atoms with Gasteiger partial charge in [0.05, 0.1) is 17.6 Å². The Hall–Kier alpha value is -2.88. The summed E-state index contributed by atoms with van der Waals surface area (Å²) in [6.07, 6.45) is 2.86. The van der Waals surface area contributed by atoms with Gasteiger partial charge in [-0.15, -0.1) is 0 Å². The van der Waals surface area contributed by atoms with Gasteiger partial charge in [-0.25, -0.2) is 4.79 Å². The molecule has 0 atom stereocenters. The van der Waals surface area contributed by atoms with Gasteiger partial charge in [-0.2, -0.15) is 0 Å². The fourth-order valence-electron chi connectivity index (χ4n) is 2.53. The van der Waals surface area contributed by atoms with Crippen molar-refractivity contribution in [1.29, 1.82) is 0 Å².